The number of methoxy groups -OCH3 is 1. The summed E-state index contributed by atoms with van der Waals surface area (Å²) in [6.45, 7) is 0. The highest BCUT2D eigenvalue weighted by Crippen LogP contribution is 2.29. The first-order valence-corrected chi connectivity index (χ1v) is 8.06. The van der Waals surface area contributed by atoms with Crippen LogP contribution in [0, 0.1) is 0 Å². The fourth-order valence-electron chi connectivity index (χ4n) is 1.43. The predicted octanol–water partition coefficient (Wildman–Crippen LogP) is 3.31. The lowest BCUT2D eigenvalue weighted by Crippen LogP contribution is -2.13. The molecule has 1 N–H and O–H groups in total. The first-order chi connectivity index (χ1) is 9.42. The summed E-state index contributed by atoms with van der Waals surface area (Å²) in [7, 11) is -2.23. The molecule has 106 valence electrons. The Morgan fingerprint density at radius 2 is 2.05 bits per heavy atom. The molecule has 0 saturated carbocycles. The summed E-state index contributed by atoms with van der Waals surface area (Å²) < 4.78 is 32.5. The van der Waals surface area contributed by atoms with Crippen LogP contribution in [0.15, 0.2) is 45.9 Å². The van der Waals surface area contributed by atoms with Crippen molar-refractivity contribution in [2.24, 2.45) is 0 Å². The molecule has 20 heavy (non-hydrogen) atoms. The monoisotopic (exact) mass is 376 g/mol. The van der Waals surface area contributed by atoms with Gasteiger partial charge in [0.05, 0.1) is 12.8 Å². The molecule has 1 aromatic heterocycles. The number of halogens is 2. The third-order valence-corrected chi connectivity index (χ3v) is 4.69. The van der Waals surface area contributed by atoms with Gasteiger partial charge in [0.2, 0.25) is 0 Å². The van der Waals surface area contributed by atoms with Crippen LogP contribution in [-0.2, 0) is 10.0 Å². The number of nitrogens with one attached hydrogen (secondary N) is 1. The molecule has 0 spiro atoms. The van der Waals surface area contributed by atoms with E-state index < -0.39 is 10.0 Å². The summed E-state index contributed by atoms with van der Waals surface area (Å²) in [5, 5.41) is 0.228. The fourth-order valence-corrected chi connectivity index (χ4v) is 3.04. The quantitative estimate of drug-likeness (QED) is 0.830. The van der Waals surface area contributed by atoms with E-state index in [0.29, 0.717) is 15.9 Å². The molecule has 0 aliphatic heterocycles. The van der Waals surface area contributed by atoms with Crippen molar-refractivity contribution in [1.29, 1.82) is 0 Å². The highest BCUT2D eigenvalue weighted by atomic mass is 79.9. The molecule has 0 atom stereocenters. The van der Waals surface area contributed by atoms with Gasteiger partial charge in [-0.05, 0) is 40.2 Å². The maximum Gasteiger partial charge on any atom is 0.263 e. The molecule has 0 saturated heterocycles. The van der Waals surface area contributed by atoms with Gasteiger partial charge in [-0.2, -0.15) is 0 Å². The Labute approximate surface area is 130 Å². The van der Waals surface area contributed by atoms with Crippen molar-refractivity contribution in [1.82, 2.24) is 4.98 Å². The van der Waals surface area contributed by atoms with E-state index in [0.717, 1.165) is 0 Å². The molecule has 0 fully saturated rings. The largest absolute Gasteiger partial charge is 0.497 e. The number of aromatic nitrogens is 1. The van der Waals surface area contributed by atoms with E-state index in [4.69, 9.17) is 16.3 Å². The average molecular weight is 378 g/mol. The van der Waals surface area contributed by atoms with Gasteiger partial charge in [-0.25, -0.2) is 13.4 Å². The minimum absolute atomic E-state index is 0.0246. The van der Waals surface area contributed by atoms with E-state index in [9.17, 15) is 8.42 Å². The first kappa shape index (κ1) is 15.1. The minimum atomic E-state index is -3.73. The van der Waals surface area contributed by atoms with Gasteiger partial charge in [-0.15, -0.1) is 0 Å². The van der Waals surface area contributed by atoms with Crippen molar-refractivity contribution < 1.29 is 13.2 Å². The van der Waals surface area contributed by atoms with Crippen LogP contribution in [0.25, 0.3) is 0 Å². The minimum Gasteiger partial charge on any atom is -0.497 e. The maximum atomic E-state index is 12.2. The van der Waals surface area contributed by atoms with Crippen LogP contribution in [-0.4, -0.2) is 20.5 Å². The Morgan fingerprint density at radius 1 is 1.30 bits per heavy atom. The van der Waals surface area contributed by atoms with Gasteiger partial charge in [0, 0.05) is 16.7 Å². The zero-order valence-electron chi connectivity index (χ0n) is 10.3. The van der Waals surface area contributed by atoms with Gasteiger partial charge in [0.25, 0.3) is 10.0 Å². The smallest absolute Gasteiger partial charge is 0.263 e. The molecule has 0 unspecified atom stereocenters. The summed E-state index contributed by atoms with van der Waals surface area (Å²) in [6.07, 6.45) is 1.19. The van der Waals surface area contributed by atoms with E-state index in [1.54, 1.807) is 18.2 Å². The Balaban J connectivity index is 2.35. The number of sulfonamides is 1. The lowest BCUT2D eigenvalue weighted by atomic mass is 10.3. The highest BCUT2D eigenvalue weighted by Gasteiger charge is 2.16. The Kier molecular flexibility index (Phi) is 4.52. The summed E-state index contributed by atoms with van der Waals surface area (Å²) >= 11 is 8.91. The third-order valence-electron chi connectivity index (χ3n) is 2.43. The van der Waals surface area contributed by atoms with E-state index in [1.807, 2.05) is 0 Å². The van der Waals surface area contributed by atoms with Crippen molar-refractivity contribution in [2.45, 2.75) is 4.90 Å². The lowest BCUT2D eigenvalue weighted by Gasteiger charge is -2.11. The standard InChI is InChI=1S/C12H10BrClN2O3S/c1-19-8-2-4-10(13)11(6-8)16-20(17,18)9-3-5-12(14)15-7-9/h2-7,16H,1H3. The Hall–Kier alpha value is -1.31. The zero-order chi connectivity index (χ0) is 14.8. The van der Waals surface area contributed by atoms with E-state index in [1.165, 1.54) is 25.4 Å². The number of nitrogens with zero attached hydrogens (tertiary/aromatic N) is 1. The van der Waals surface area contributed by atoms with E-state index >= 15 is 0 Å². The molecule has 1 heterocycles. The number of anilines is 1. The Bertz CT molecular complexity index is 720. The van der Waals surface area contributed by atoms with Crippen molar-refractivity contribution in [3.63, 3.8) is 0 Å². The second kappa shape index (κ2) is 5.99. The van der Waals surface area contributed by atoms with Crippen molar-refractivity contribution >= 4 is 43.2 Å². The molecule has 2 rings (SSSR count). The molecule has 0 aliphatic carbocycles. The molecule has 0 bridgehead atoms. The fraction of sp³-hybridized carbons (Fsp3) is 0.0833. The average Bonchev–Trinajstić information content (AvgIpc) is 2.41. The predicted molar refractivity (Wildman–Crippen MR) is 80.7 cm³/mol. The molecular weight excluding hydrogens is 368 g/mol. The Morgan fingerprint density at radius 3 is 2.65 bits per heavy atom. The van der Waals surface area contributed by atoms with Gasteiger partial charge in [-0.1, -0.05) is 11.6 Å². The summed E-state index contributed by atoms with van der Waals surface area (Å²) in [5.74, 6) is 0.542. The molecule has 5 nitrogen and oxygen atoms in total. The van der Waals surface area contributed by atoms with Crippen LogP contribution in [0.1, 0.15) is 0 Å². The normalized spacial score (nSPS) is 11.2. The van der Waals surface area contributed by atoms with E-state index in [2.05, 4.69) is 25.6 Å². The van der Waals surface area contributed by atoms with Crippen LogP contribution in [0.3, 0.4) is 0 Å². The van der Waals surface area contributed by atoms with Gasteiger partial charge < -0.3 is 4.74 Å². The topological polar surface area (TPSA) is 68.3 Å². The van der Waals surface area contributed by atoms with Crippen molar-refractivity contribution in [3.05, 3.63) is 46.2 Å². The third kappa shape index (κ3) is 3.41. The number of ether oxygens (including phenoxy) is 1. The molecule has 8 heteroatoms. The second-order valence-electron chi connectivity index (χ2n) is 3.77. The van der Waals surface area contributed by atoms with Crippen LogP contribution in [0.5, 0.6) is 5.75 Å². The molecule has 0 aliphatic rings. The second-order valence-corrected chi connectivity index (χ2v) is 6.69. The lowest BCUT2D eigenvalue weighted by molar-refractivity contribution is 0.415. The molecule has 2 aromatic rings. The van der Waals surface area contributed by atoms with E-state index in [-0.39, 0.29) is 10.0 Å². The van der Waals surface area contributed by atoms with Crippen LogP contribution < -0.4 is 9.46 Å². The number of benzene rings is 1. The van der Waals surface area contributed by atoms with Crippen LogP contribution >= 0.6 is 27.5 Å². The van der Waals surface area contributed by atoms with Crippen molar-refractivity contribution in [3.8, 4) is 5.75 Å². The van der Waals surface area contributed by atoms with Gasteiger partial charge in [0.15, 0.2) is 0 Å². The number of rotatable bonds is 4. The summed E-state index contributed by atoms with van der Waals surface area (Å²) in [6, 6.07) is 7.77. The highest BCUT2D eigenvalue weighted by molar-refractivity contribution is 9.10. The summed E-state index contributed by atoms with van der Waals surface area (Å²) in [5.41, 5.74) is 0.374. The molecule has 0 amide bonds. The SMILES string of the molecule is COc1ccc(Br)c(NS(=O)(=O)c2ccc(Cl)nc2)c1. The molecule has 0 radical (unpaired) electrons. The molecular formula is C12H10BrClN2O3S. The number of hydrogen-bond donors (Lipinski definition) is 1. The van der Waals surface area contributed by atoms with Crippen LogP contribution in [0.2, 0.25) is 5.15 Å². The van der Waals surface area contributed by atoms with Crippen LogP contribution in [0.4, 0.5) is 5.69 Å². The first-order valence-electron chi connectivity index (χ1n) is 5.40. The number of pyridine rings is 1. The summed E-state index contributed by atoms with van der Waals surface area (Å²) in [4.78, 5) is 3.78. The van der Waals surface area contributed by atoms with Gasteiger partial charge in [-0.3, -0.25) is 4.72 Å². The van der Waals surface area contributed by atoms with Gasteiger partial charge in [0.1, 0.15) is 15.8 Å². The number of hydrogen-bond acceptors (Lipinski definition) is 4. The van der Waals surface area contributed by atoms with Gasteiger partial charge >= 0.3 is 0 Å². The molecule has 1 aromatic carbocycles. The maximum absolute atomic E-state index is 12.2. The van der Waals surface area contributed by atoms with Crippen molar-refractivity contribution in [2.75, 3.05) is 11.8 Å². The zero-order valence-corrected chi connectivity index (χ0v) is 13.5.